The molecule has 0 fully saturated rings. The smallest absolute Gasteiger partial charge is 0.243 e. The van der Waals surface area contributed by atoms with Gasteiger partial charge in [0.25, 0.3) is 0 Å². The summed E-state index contributed by atoms with van der Waals surface area (Å²) in [5.74, 6) is 1.21. The van der Waals surface area contributed by atoms with Gasteiger partial charge in [-0.2, -0.15) is 5.10 Å². The minimum Gasteiger partial charge on any atom is -0.497 e. The molecular formula is C23H24N6O3. The molecule has 2 heterocycles. The van der Waals surface area contributed by atoms with Gasteiger partial charge < -0.3 is 20.4 Å². The van der Waals surface area contributed by atoms with E-state index in [1.54, 1.807) is 7.11 Å². The van der Waals surface area contributed by atoms with Gasteiger partial charge in [-0.1, -0.05) is 18.2 Å². The molecule has 4 rings (SSSR count). The van der Waals surface area contributed by atoms with Gasteiger partial charge in [-0.15, -0.1) is 0 Å². The second-order valence-corrected chi connectivity index (χ2v) is 7.37. The third-order valence-corrected chi connectivity index (χ3v) is 5.10. The number of fused-ring (bicyclic) bond motifs is 1. The molecule has 2 aromatic carbocycles. The Hall–Kier alpha value is -4.14. The van der Waals surface area contributed by atoms with E-state index in [-0.39, 0.29) is 18.4 Å². The van der Waals surface area contributed by atoms with Gasteiger partial charge in [0.2, 0.25) is 11.8 Å². The van der Waals surface area contributed by atoms with Crippen LogP contribution in [-0.2, 0) is 22.6 Å². The van der Waals surface area contributed by atoms with E-state index in [0.717, 1.165) is 27.8 Å². The minimum atomic E-state index is -0.712. The number of hydrogen-bond donors (Lipinski definition) is 4. The summed E-state index contributed by atoms with van der Waals surface area (Å²) in [4.78, 5) is 32.2. The average molecular weight is 432 g/mol. The predicted molar refractivity (Wildman–Crippen MR) is 120 cm³/mol. The van der Waals surface area contributed by atoms with Gasteiger partial charge in [0, 0.05) is 36.0 Å². The van der Waals surface area contributed by atoms with Crippen molar-refractivity contribution in [3.8, 4) is 17.1 Å². The number of nitrogens with one attached hydrogen (secondary N) is 4. The highest BCUT2D eigenvalue weighted by molar-refractivity contribution is 5.89. The lowest BCUT2D eigenvalue weighted by molar-refractivity contribution is -0.128. The Labute approximate surface area is 184 Å². The van der Waals surface area contributed by atoms with Crippen LogP contribution in [0.1, 0.15) is 18.3 Å². The largest absolute Gasteiger partial charge is 0.497 e. The standard InChI is InChI=1S/C23H24N6O3/c1-14(30)26-20(11-16-12-24-19-6-4-3-5-18(16)19)23(31)25-13-21-27-22(29-28-21)15-7-9-17(32-2)10-8-15/h3-10,12,20,24H,11,13H2,1-2H3,(H,25,31)(H,26,30)(H,27,28,29). The molecule has 4 aromatic rings. The van der Waals surface area contributed by atoms with Gasteiger partial charge in [0.05, 0.1) is 13.7 Å². The summed E-state index contributed by atoms with van der Waals surface area (Å²) in [6.07, 6.45) is 2.23. The third kappa shape index (κ3) is 4.77. The second-order valence-electron chi connectivity index (χ2n) is 7.37. The number of nitrogens with zero attached hydrogens (tertiary/aromatic N) is 2. The number of ether oxygens (including phenoxy) is 1. The number of H-pyrrole nitrogens is 2. The first kappa shape index (κ1) is 21.1. The van der Waals surface area contributed by atoms with Crippen molar-refractivity contribution in [1.82, 2.24) is 30.8 Å². The highest BCUT2D eigenvalue weighted by Crippen LogP contribution is 2.20. The molecule has 1 atom stereocenters. The van der Waals surface area contributed by atoms with E-state index >= 15 is 0 Å². The van der Waals surface area contributed by atoms with Crippen LogP contribution in [-0.4, -0.2) is 45.1 Å². The molecule has 9 heteroatoms. The number of aromatic nitrogens is 4. The molecule has 164 valence electrons. The first-order chi connectivity index (χ1) is 15.5. The van der Waals surface area contributed by atoms with Gasteiger partial charge in [-0.25, -0.2) is 4.98 Å². The van der Waals surface area contributed by atoms with Crippen molar-refractivity contribution in [2.75, 3.05) is 7.11 Å². The van der Waals surface area contributed by atoms with Crippen LogP contribution in [0.2, 0.25) is 0 Å². The topological polar surface area (TPSA) is 125 Å². The second kappa shape index (κ2) is 9.34. The van der Waals surface area contributed by atoms with Gasteiger partial charge in [-0.3, -0.25) is 14.7 Å². The van der Waals surface area contributed by atoms with Crippen LogP contribution in [0.3, 0.4) is 0 Å². The first-order valence-electron chi connectivity index (χ1n) is 10.2. The molecule has 4 N–H and O–H groups in total. The van der Waals surface area contributed by atoms with Crippen LogP contribution in [0, 0.1) is 0 Å². The summed E-state index contributed by atoms with van der Waals surface area (Å²) in [6.45, 7) is 1.55. The maximum Gasteiger partial charge on any atom is 0.243 e. The number of carbonyl (C=O) groups excluding carboxylic acids is 2. The summed E-state index contributed by atoms with van der Waals surface area (Å²) < 4.78 is 5.16. The maximum absolute atomic E-state index is 12.8. The summed E-state index contributed by atoms with van der Waals surface area (Å²) >= 11 is 0. The van der Waals surface area contributed by atoms with Crippen molar-refractivity contribution in [3.05, 3.63) is 66.1 Å². The van der Waals surface area contributed by atoms with E-state index in [0.29, 0.717) is 18.1 Å². The highest BCUT2D eigenvalue weighted by atomic mass is 16.5. The van der Waals surface area contributed by atoms with E-state index in [4.69, 9.17) is 4.74 Å². The number of aromatic amines is 2. The third-order valence-electron chi connectivity index (χ3n) is 5.10. The van der Waals surface area contributed by atoms with Crippen molar-refractivity contribution in [1.29, 1.82) is 0 Å². The number of methoxy groups -OCH3 is 1. The Morgan fingerprint density at radius 1 is 1.12 bits per heavy atom. The van der Waals surface area contributed by atoms with Gasteiger partial charge >= 0.3 is 0 Å². The molecular weight excluding hydrogens is 408 g/mol. The molecule has 0 radical (unpaired) electrons. The Bertz CT molecular complexity index is 1230. The summed E-state index contributed by atoms with van der Waals surface area (Å²) in [7, 11) is 1.61. The molecule has 9 nitrogen and oxygen atoms in total. The fourth-order valence-corrected chi connectivity index (χ4v) is 3.51. The average Bonchev–Trinajstić information content (AvgIpc) is 3.44. The van der Waals surface area contributed by atoms with Crippen molar-refractivity contribution >= 4 is 22.7 Å². The summed E-state index contributed by atoms with van der Waals surface area (Å²) in [5.41, 5.74) is 2.77. The number of amides is 2. The first-order valence-corrected chi connectivity index (χ1v) is 10.2. The number of benzene rings is 2. The molecule has 1 unspecified atom stereocenters. The lowest BCUT2D eigenvalue weighted by Gasteiger charge is -2.17. The molecule has 0 saturated carbocycles. The Kier molecular flexibility index (Phi) is 6.16. The minimum absolute atomic E-state index is 0.159. The highest BCUT2D eigenvalue weighted by Gasteiger charge is 2.21. The summed E-state index contributed by atoms with van der Waals surface area (Å²) in [6, 6.07) is 14.5. The van der Waals surface area contributed by atoms with E-state index in [1.807, 2.05) is 54.7 Å². The monoisotopic (exact) mass is 432 g/mol. The van der Waals surface area contributed by atoms with Crippen LogP contribution in [0.25, 0.3) is 22.3 Å². The molecule has 0 bridgehead atoms. The fraction of sp³-hybridized carbons (Fsp3) is 0.217. The molecule has 0 spiro atoms. The molecule has 32 heavy (non-hydrogen) atoms. The van der Waals surface area contributed by atoms with Crippen molar-refractivity contribution in [3.63, 3.8) is 0 Å². The van der Waals surface area contributed by atoms with Gasteiger partial charge in [-0.05, 0) is 35.9 Å². The normalized spacial score (nSPS) is 11.8. The molecule has 0 aliphatic carbocycles. The molecule has 0 aliphatic rings. The van der Waals surface area contributed by atoms with Gasteiger partial charge in [0.15, 0.2) is 5.82 Å². The Morgan fingerprint density at radius 3 is 2.66 bits per heavy atom. The zero-order valence-electron chi connectivity index (χ0n) is 17.8. The molecule has 2 amide bonds. The number of rotatable bonds is 8. The van der Waals surface area contributed by atoms with Crippen LogP contribution in [0.15, 0.2) is 54.7 Å². The van der Waals surface area contributed by atoms with Crippen molar-refractivity contribution in [2.45, 2.75) is 25.9 Å². The van der Waals surface area contributed by atoms with Crippen molar-refractivity contribution < 1.29 is 14.3 Å². The maximum atomic E-state index is 12.8. The predicted octanol–water partition coefficient (Wildman–Crippen LogP) is 2.33. The van der Waals surface area contributed by atoms with E-state index in [1.165, 1.54) is 6.92 Å². The Morgan fingerprint density at radius 2 is 1.91 bits per heavy atom. The van der Waals surface area contributed by atoms with Crippen LogP contribution in [0.5, 0.6) is 5.75 Å². The van der Waals surface area contributed by atoms with Crippen LogP contribution in [0.4, 0.5) is 0 Å². The SMILES string of the molecule is COc1ccc(-c2n[nH]c(CNC(=O)C(Cc3c[nH]c4ccccc34)NC(C)=O)n2)cc1. The van der Waals surface area contributed by atoms with Crippen LogP contribution < -0.4 is 15.4 Å². The fourth-order valence-electron chi connectivity index (χ4n) is 3.51. The van der Waals surface area contributed by atoms with E-state index < -0.39 is 6.04 Å². The van der Waals surface area contributed by atoms with E-state index in [9.17, 15) is 9.59 Å². The molecule has 2 aromatic heterocycles. The van der Waals surface area contributed by atoms with Gasteiger partial charge in [0.1, 0.15) is 17.6 Å². The summed E-state index contributed by atoms with van der Waals surface area (Å²) in [5, 5.41) is 13.6. The van der Waals surface area contributed by atoms with Crippen molar-refractivity contribution in [2.24, 2.45) is 0 Å². The number of carbonyl (C=O) groups is 2. The zero-order valence-corrected chi connectivity index (χ0v) is 17.8. The Balaban J connectivity index is 1.42. The number of para-hydroxylation sites is 1. The molecule has 0 aliphatic heterocycles. The molecule has 0 saturated heterocycles. The quantitative estimate of drug-likeness (QED) is 0.340. The zero-order chi connectivity index (χ0) is 22.5. The van der Waals surface area contributed by atoms with Crippen LogP contribution >= 0.6 is 0 Å². The lowest BCUT2D eigenvalue weighted by Crippen LogP contribution is -2.47. The number of hydrogen-bond acceptors (Lipinski definition) is 5. The lowest BCUT2D eigenvalue weighted by atomic mass is 10.0. The van der Waals surface area contributed by atoms with E-state index in [2.05, 4.69) is 30.8 Å².